The van der Waals surface area contributed by atoms with Crippen LogP contribution >= 0.6 is 0 Å². The minimum Gasteiger partial charge on any atom is -0.491 e. The number of imidazole rings is 1. The summed E-state index contributed by atoms with van der Waals surface area (Å²) in [5.41, 5.74) is 2.64. The fourth-order valence-corrected chi connectivity index (χ4v) is 2.53. The van der Waals surface area contributed by atoms with Crippen LogP contribution in [0.1, 0.15) is 24.6 Å². The van der Waals surface area contributed by atoms with Crippen LogP contribution in [0, 0.1) is 6.92 Å². The molecule has 0 fully saturated rings. The fourth-order valence-electron chi connectivity index (χ4n) is 2.53. The number of ether oxygens (including phenoxy) is 1. The number of hydrogen-bond acceptors (Lipinski definition) is 5. The monoisotopic (exact) mass is 352 g/mol. The van der Waals surface area contributed by atoms with Crippen LogP contribution in [0.25, 0.3) is 5.65 Å². The Balaban J connectivity index is 2.02. The molecule has 0 aliphatic heterocycles. The van der Waals surface area contributed by atoms with Gasteiger partial charge in [-0.25, -0.2) is 4.98 Å². The molecule has 0 spiro atoms. The molecular formula is C19H20N4O3. The van der Waals surface area contributed by atoms with Crippen LogP contribution in [-0.2, 0) is 11.2 Å². The largest absolute Gasteiger partial charge is 0.491 e. The highest BCUT2D eigenvalue weighted by atomic mass is 16.5. The summed E-state index contributed by atoms with van der Waals surface area (Å²) in [7, 11) is 0. The lowest BCUT2D eigenvalue weighted by Crippen LogP contribution is -2.00. The molecule has 0 saturated heterocycles. The summed E-state index contributed by atoms with van der Waals surface area (Å²) < 4.78 is 7.42. The van der Waals surface area contributed by atoms with Crippen LogP contribution in [0.2, 0.25) is 0 Å². The van der Waals surface area contributed by atoms with Gasteiger partial charge in [0.05, 0.1) is 18.7 Å². The van der Waals surface area contributed by atoms with E-state index in [-0.39, 0.29) is 6.42 Å². The molecular weight excluding hydrogens is 332 g/mol. The van der Waals surface area contributed by atoms with Gasteiger partial charge in [-0.05, 0) is 43.2 Å². The lowest BCUT2D eigenvalue weighted by atomic mass is 10.3. The molecule has 0 atom stereocenters. The number of aliphatic carboxylic acids is 1. The lowest BCUT2D eigenvalue weighted by Gasteiger charge is -2.06. The van der Waals surface area contributed by atoms with Gasteiger partial charge in [0.15, 0.2) is 5.82 Å². The molecule has 134 valence electrons. The summed E-state index contributed by atoms with van der Waals surface area (Å²) in [6.07, 6.45) is 2.49. The molecule has 1 N–H and O–H groups in total. The number of para-hydroxylation sites is 1. The summed E-state index contributed by atoms with van der Waals surface area (Å²) in [5, 5.41) is 17.7. The molecule has 0 bridgehead atoms. The minimum absolute atomic E-state index is 0.219. The predicted octanol–water partition coefficient (Wildman–Crippen LogP) is 4.47. The van der Waals surface area contributed by atoms with Gasteiger partial charge in [0.25, 0.3) is 0 Å². The van der Waals surface area contributed by atoms with Gasteiger partial charge >= 0.3 is 5.97 Å². The average Bonchev–Trinajstić information content (AvgIpc) is 2.94. The number of azo groups is 1. The number of aryl methyl sites for hydroxylation is 1. The Morgan fingerprint density at radius 3 is 2.85 bits per heavy atom. The van der Waals surface area contributed by atoms with Crippen molar-refractivity contribution in [1.82, 2.24) is 9.38 Å². The highest BCUT2D eigenvalue weighted by molar-refractivity contribution is 5.72. The molecule has 7 heteroatoms. The Bertz CT molecular complexity index is 963. The van der Waals surface area contributed by atoms with Crippen LogP contribution in [-0.4, -0.2) is 27.1 Å². The number of rotatable bonds is 7. The van der Waals surface area contributed by atoms with E-state index in [0.717, 1.165) is 12.0 Å². The van der Waals surface area contributed by atoms with Crippen molar-refractivity contribution < 1.29 is 14.6 Å². The van der Waals surface area contributed by atoms with Gasteiger partial charge in [-0.3, -0.25) is 9.20 Å². The van der Waals surface area contributed by atoms with E-state index < -0.39 is 5.97 Å². The van der Waals surface area contributed by atoms with E-state index in [4.69, 9.17) is 9.84 Å². The molecule has 3 rings (SSSR count). The quantitative estimate of drug-likeness (QED) is 0.635. The van der Waals surface area contributed by atoms with E-state index in [9.17, 15) is 4.79 Å². The van der Waals surface area contributed by atoms with Crippen molar-refractivity contribution >= 4 is 23.1 Å². The predicted molar refractivity (Wildman–Crippen MR) is 97.7 cm³/mol. The maximum absolute atomic E-state index is 11.2. The number of benzene rings is 1. The van der Waals surface area contributed by atoms with E-state index in [1.165, 1.54) is 0 Å². The first-order valence-electron chi connectivity index (χ1n) is 8.41. The Hall–Kier alpha value is -3.22. The zero-order valence-corrected chi connectivity index (χ0v) is 14.7. The summed E-state index contributed by atoms with van der Waals surface area (Å²) >= 11 is 0. The maximum atomic E-state index is 11.2. The summed E-state index contributed by atoms with van der Waals surface area (Å²) in [6.45, 7) is 4.57. The third kappa shape index (κ3) is 3.88. The summed E-state index contributed by atoms with van der Waals surface area (Å²) in [5.74, 6) is 0.0866. The third-order valence-corrected chi connectivity index (χ3v) is 3.72. The summed E-state index contributed by atoms with van der Waals surface area (Å²) in [4.78, 5) is 15.6. The van der Waals surface area contributed by atoms with E-state index >= 15 is 0 Å². The van der Waals surface area contributed by atoms with E-state index in [2.05, 4.69) is 15.2 Å². The second-order valence-electron chi connectivity index (χ2n) is 5.90. The van der Waals surface area contributed by atoms with E-state index in [0.29, 0.717) is 35.2 Å². The second kappa shape index (κ2) is 7.77. The Morgan fingerprint density at radius 1 is 1.27 bits per heavy atom. The first-order chi connectivity index (χ1) is 12.6. The van der Waals surface area contributed by atoms with Crippen molar-refractivity contribution in [3.63, 3.8) is 0 Å². The molecule has 0 unspecified atom stereocenters. The molecule has 1 aromatic carbocycles. The van der Waals surface area contributed by atoms with Gasteiger partial charge in [0, 0.05) is 6.20 Å². The number of carbonyl (C=O) groups is 1. The molecule has 2 heterocycles. The smallest absolute Gasteiger partial charge is 0.309 e. The Labute approximate surface area is 151 Å². The zero-order valence-electron chi connectivity index (χ0n) is 14.7. The van der Waals surface area contributed by atoms with Gasteiger partial charge in [-0.1, -0.05) is 19.1 Å². The molecule has 7 nitrogen and oxygen atoms in total. The van der Waals surface area contributed by atoms with Crippen LogP contribution in [0.3, 0.4) is 0 Å². The molecule has 0 amide bonds. The average molecular weight is 352 g/mol. The lowest BCUT2D eigenvalue weighted by molar-refractivity contribution is -0.136. The molecule has 26 heavy (non-hydrogen) atoms. The summed E-state index contributed by atoms with van der Waals surface area (Å²) in [6, 6.07) is 11.2. The van der Waals surface area contributed by atoms with Crippen LogP contribution < -0.4 is 4.74 Å². The van der Waals surface area contributed by atoms with Crippen molar-refractivity contribution in [2.24, 2.45) is 10.2 Å². The Morgan fingerprint density at radius 2 is 2.08 bits per heavy atom. The van der Waals surface area contributed by atoms with Gasteiger partial charge in [0.2, 0.25) is 0 Å². The third-order valence-electron chi connectivity index (χ3n) is 3.72. The highest BCUT2D eigenvalue weighted by Crippen LogP contribution is 2.30. The molecule has 2 aromatic heterocycles. The first-order valence-corrected chi connectivity index (χ1v) is 8.41. The molecule has 0 saturated carbocycles. The number of aromatic nitrogens is 2. The Kier molecular flexibility index (Phi) is 5.26. The number of carboxylic acid groups (broad SMARTS) is 1. The normalized spacial score (nSPS) is 11.3. The van der Waals surface area contributed by atoms with E-state index in [1.54, 1.807) is 10.5 Å². The van der Waals surface area contributed by atoms with E-state index in [1.807, 2.05) is 50.4 Å². The van der Waals surface area contributed by atoms with Crippen molar-refractivity contribution in [2.75, 3.05) is 6.61 Å². The van der Waals surface area contributed by atoms with Crippen LogP contribution in [0.4, 0.5) is 11.5 Å². The number of carboxylic acids is 1. The van der Waals surface area contributed by atoms with Crippen LogP contribution in [0.5, 0.6) is 5.75 Å². The fraction of sp³-hybridized carbons (Fsp3) is 0.263. The first kappa shape index (κ1) is 17.6. The van der Waals surface area contributed by atoms with Gasteiger partial charge in [-0.2, -0.15) is 0 Å². The van der Waals surface area contributed by atoms with Gasteiger partial charge in [-0.15, -0.1) is 10.2 Å². The molecule has 0 aliphatic carbocycles. The second-order valence-corrected chi connectivity index (χ2v) is 5.90. The maximum Gasteiger partial charge on any atom is 0.309 e. The number of fused-ring (bicyclic) bond motifs is 1. The highest BCUT2D eigenvalue weighted by Gasteiger charge is 2.15. The zero-order chi connectivity index (χ0) is 18.5. The van der Waals surface area contributed by atoms with Crippen molar-refractivity contribution in [3.05, 3.63) is 53.9 Å². The van der Waals surface area contributed by atoms with Gasteiger partial charge < -0.3 is 9.84 Å². The molecule has 0 radical (unpaired) electrons. The van der Waals surface area contributed by atoms with Crippen molar-refractivity contribution in [3.8, 4) is 5.75 Å². The standard InChI is InChI=1S/C19H20N4O3/c1-3-10-26-16-7-5-4-6-14(16)21-22-19-15(12-18(24)25)20-17-11-13(2)8-9-23(17)19/h4-9,11H,3,10,12H2,1-2H3,(H,24,25). The minimum atomic E-state index is -0.965. The molecule has 0 aliphatic rings. The number of nitrogens with zero attached hydrogens (tertiary/aromatic N) is 4. The van der Waals surface area contributed by atoms with Crippen LogP contribution in [0.15, 0.2) is 52.8 Å². The van der Waals surface area contributed by atoms with Crippen molar-refractivity contribution in [1.29, 1.82) is 0 Å². The number of hydrogen-bond donors (Lipinski definition) is 1. The molecule has 3 aromatic rings. The SMILES string of the molecule is CCCOc1ccccc1N=Nc1c(CC(=O)O)nc2cc(C)ccn12. The van der Waals surface area contributed by atoms with Gasteiger partial charge in [0.1, 0.15) is 17.1 Å². The topological polar surface area (TPSA) is 88.5 Å². The van der Waals surface area contributed by atoms with Crippen molar-refractivity contribution in [2.45, 2.75) is 26.7 Å². The number of pyridine rings is 1.